The van der Waals surface area contributed by atoms with Crippen molar-refractivity contribution < 1.29 is 38.1 Å². The Morgan fingerprint density at radius 2 is 1.61 bits per heavy atom. The van der Waals surface area contributed by atoms with Gasteiger partial charge in [0.2, 0.25) is 5.79 Å². The standard InChI is InChI=1S/C12H15N3O8/c1-5(16)20-8-9(21-6(2)17)11(14-15-13)23-12(4-19-12)10(8)22-7(3)18/h8-11H,4H2,1-3H3/t8-,9+,10+,11+,12-/m1/s1. The fourth-order valence-electron chi connectivity index (χ4n) is 2.34. The largest absolute Gasteiger partial charge is 0.455 e. The molecule has 2 fully saturated rings. The normalized spacial score (nSPS) is 34.9. The van der Waals surface area contributed by atoms with Crippen LogP contribution >= 0.6 is 0 Å². The highest BCUT2D eigenvalue weighted by Crippen LogP contribution is 2.44. The minimum absolute atomic E-state index is 0.0347. The van der Waals surface area contributed by atoms with Crippen LogP contribution in [0, 0.1) is 0 Å². The number of epoxide rings is 1. The summed E-state index contributed by atoms with van der Waals surface area (Å²) in [6.07, 6.45) is -5.00. The predicted octanol–water partition coefficient (Wildman–Crippen LogP) is 0.175. The van der Waals surface area contributed by atoms with Gasteiger partial charge in [0.15, 0.2) is 24.5 Å². The third-order valence-electron chi connectivity index (χ3n) is 3.15. The fourth-order valence-corrected chi connectivity index (χ4v) is 2.34. The molecule has 0 aromatic rings. The van der Waals surface area contributed by atoms with Crippen LogP contribution in [0.1, 0.15) is 20.8 Å². The average Bonchev–Trinajstić information content (AvgIpc) is 3.18. The Labute approximate surface area is 130 Å². The first-order valence-corrected chi connectivity index (χ1v) is 6.66. The summed E-state index contributed by atoms with van der Waals surface area (Å²) < 4.78 is 26.0. The van der Waals surface area contributed by atoms with Crippen LogP contribution in [0.5, 0.6) is 0 Å². The lowest BCUT2D eigenvalue weighted by molar-refractivity contribution is -0.274. The van der Waals surface area contributed by atoms with Gasteiger partial charge >= 0.3 is 17.9 Å². The van der Waals surface area contributed by atoms with Gasteiger partial charge in [0.25, 0.3) is 0 Å². The molecule has 11 nitrogen and oxygen atoms in total. The highest BCUT2D eigenvalue weighted by Gasteiger charge is 2.67. The van der Waals surface area contributed by atoms with E-state index in [0.29, 0.717) is 0 Å². The van der Waals surface area contributed by atoms with E-state index < -0.39 is 48.2 Å². The summed E-state index contributed by atoms with van der Waals surface area (Å²) in [4.78, 5) is 36.6. The van der Waals surface area contributed by atoms with Crippen molar-refractivity contribution in [1.29, 1.82) is 0 Å². The summed E-state index contributed by atoms with van der Waals surface area (Å²) in [7, 11) is 0. The molecule has 1 spiro atoms. The van der Waals surface area contributed by atoms with E-state index in [4.69, 9.17) is 29.2 Å². The molecule has 0 N–H and O–H groups in total. The van der Waals surface area contributed by atoms with Crippen molar-refractivity contribution in [3.63, 3.8) is 0 Å². The van der Waals surface area contributed by atoms with E-state index in [1.54, 1.807) is 0 Å². The molecule has 2 aliphatic heterocycles. The zero-order valence-corrected chi connectivity index (χ0v) is 12.6. The van der Waals surface area contributed by atoms with Gasteiger partial charge in [-0.1, -0.05) is 5.11 Å². The average molecular weight is 329 g/mol. The summed E-state index contributed by atoms with van der Waals surface area (Å²) in [5, 5.41) is 3.39. The number of hydrogen-bond donors (Lipinski definition) is 0. The second kappa shape index (κ2) is 6.41. The number of esters is 3. The summed E-state index contributed by atoms with van der Waals surface area (Å²) in [6.45, 7) is 3.44. The van der Waals surface area contributed by atoms with E-state index >= 15 is 0 Å². The number of hydrogen-bond acceptors (Lipinski definition) is 9. The fraction of sp³-hybridized carbons (Fsp3) is 0.750. The molecule has 2 heterocycles. The lowest BCUT2D eigenvalue weighted by Gasteiger charge is -2.42. The van der Waals surface area contributed by atoms with Crippen LogP contribution in [0.3, 0.4) is 0 Å². The molecule has 2 rings (SSSR count). The molecule has 0 unspecified atom stereocenters. The zero-order valence-electron chi connectivity index (χ0n) is 12.6. The van der Waals surface area contributed by atoms with Crippen LogP contribution in [0.2, 0.25) is 0 Å². The molecule has 2 saturated heterocycles. The third kappa shape index (κ3) is 3.70. The van der Waals surface area contributed by atoms with Gasteiger partial charge in [0.05, 0.1) is 0 Å². The minimum atomic E-state index is -1.40. The van der Waals surface area contributed by atoms with Crippen molar-refractivity contribution in [2.24, 2.45) is 5.11 Å². The molecule has 0 amide bonds. The second-order valence-corrected chi connectivity index (χ2v) is 4.99. The summed E-state index contributed by atoms with van der Waals surface area (Å²) in [5.74, 6) is -3.50. The van der Waals surface area contributed by atoms with Gasteiger partial charge < -0.3 is 23.7 Å². The van der Waals surface area contributed by atoms with Crippen LogP contribution < -0.4 is 0 Å². The van der Waals surface area contributed by atoms with Crippen molar-refractivity contribution in [2.45, 2.75) is 51.1 Å². The SMILES string of the molecule is CC(=O)O[C@@H]1[C@H](OC(C)=O)[C@@H](N=[N+]=[N-])O[C@]2(CO2)[C@H]1OC(C)=O. The topological polar surface area (TPSA) is 149 Å². The molecule has 0 aliphatic carbocycles. The smallest absolute Gasteiger partial charge is 0.303 e. The molecule has 0 aromatic carbocycles. The molecule has 0 saturated carbocycles. The second-order valence-electron chi connectivity index (χ2n) is 4.99. The molecule has 5 atom stereocenters. The first kappa shape index (κ1) is 17.0. The first-order valence-electron chi connectivity index (χ1n) is 6.66. The summed E-state index contributed by atoms with van der Waals surface area (Å²) in [6, 6.07) is 0. The number of carbonyl (C=O) groups is 3. The van der Waals surface area contributed by atoms with Crippen LogP contribution in [0.25, 0.3) is 10.4 Å². The Balaban J connectivity index is 2.39. The Morgan fingerprint density at radius 1 is 1.09 bits per heavy atom. The molecule has 0 bridgehead atoms. The van der Waals surface area contributed by atoms with E-state index in [2.05, 4.69) is 10.0 Å². The van der Waals surface area contributed by atoms with Crippen molar-refractivity contribution in [3.05, 3.63) is 10.4 Å². The molecule has 23 heavy (non-hydrogen) atoms. The molecule has 126 valence electrons. The number of azide groups is 1. The molecule has 2 aliphatic rings. The van der Waals surface area contributed by atoms with Crippen molar-refractivity contribution in [1.82, 2.24) is 0 Å². The Bertz CT molecular complexity index is 569. The van der Waals surface area contributed by atoms with E-state index in [9.17, 15) is 14.4 Å². The predicted molar refractivity (Wildman–Crippen MR) is 69.4 cm³/mol. The van der Waals surface area contributed by atoms with Crippen LogP contribution in [0.4, 0.5) is 0 Å². The van der Waals surface area contributed by atoms with Gasteiger partial charge in [-0.25, -0.2) is 0 Å². The number of ether oxygens (including phenoxy) is 5. The highest BCUT2D eigenvalue weighted by atomic mass is 16.8. The molecule has 0 radical (unpaired) electrons. The highest BCUT2D eigenvalue weighted by molar-refractivity contribution is 5.68. The lowest BCUT2D eigenvalue weighted by Crippen LogP contribution is -2.62. The van der Waals surface area contributed by atoms with Gasteiger partial charge in [0.1, 0.15) is 6.61 Å². The maximum atomic E-state index is 11.4. The van der Waals surface area contributed by atoms with Crippen molar-refractivity contribution in [3.8, 4) is 0 Å². The molecular weight excluding hydrogens is 314 g/mol. The molecule has 11 heteroatoms. The molecular formula is C12H15N3O8. The third-order valence-corrected chi connectivity index (χ3v) is 3.15. The van der Waals surface area contributed by atoms with Gasteiger partial charge in [0, 0.05) is 25.7 Å². The van der Waals surface area contributed by atoms with Crippen molar-refractivity contribution >= 4 is 17.9 Å². The minimum Gasteiger partial charge on any atom is -0.455 e. The summed E-state index contributed by atoms with van der Waals surface area (Å²) in [5.41, 5.74) is 8.64. The number of carbonyl (C=O) groups excluding carboxylic acids is 3. The zero-order chi connectivity index (χ0) is 17.2. The maximum Gasteiger partial charge on any atom is 0.303 e. The van der Waals surface area contributed by atoms with Crippen LogP contribution in [-0.2, 0) is 38.1 Å². The van der Waals surface area contributed by atoms with Gasteiger partial charge in [-0.3, -0.25) is 14.4 Å². The molecule has 0 aromatic heterocycles. The Kier molecular flexibility index (Phi) is 4.73. The van der Waals surface area contributed by atoms with Gasteiger partial charge in [-0.15, -0.1) is 0 Å². The maximum absolute atomic E-state index is 11.4. The Hall–Kier alpha value is -2.36. The Morgan fingerprint density at radius 3 is 2.04 bits per heavy atom. The number of nitrogens with zero attached hydrogens (tertiary/aromatic N) is 3. The summed E-state index contributed by atoms with van der Waals surface area (Å²) >= 11 is 0. The monoisotopic (exact) mass is 329 g/mol. The van der Waals surface area contributed by atoms with E-state index in [0.717, 1.165) is 20.8 Å². The van der Waals surface area contributed by atoms with E-state index in [-0.39, 0.29) is 6.61 Å². The van der Waals surface area contributed by atoms with Crippen molar-refractivity contribution in [2.75, 3.05) is 6.61 Å². The number of rotatable bonds is 4. The van der Waals surface area contributed by atoms with E-state index in [1.807, 2.05) is 0 Å². The quantitative estimate of drug-likeness (QED) is 0.177. The van der Waals surface area contributed by atoms with Crippen LogP contribution in [-0.4, -0.2) is 54.8 Å². The first-order chi connectivity index (χ1) is 10.8. The van der Waals surface area contributed by atoms with Crippen LogP contribution in [0.15, 0.2) is 5.11 Å². The van der Waals surface area contributed by atoms with E-state index in [1.165, 1.54) is 0 Å². The van der Waals surface area contributed by atoms with Gasteiger partial charge in [-0.2, -0.15) is 0 Å². The lowest BCUT2D eigenvalue weighted by atomic mass is 9.97. The van der Waals surface area contributed by atoms with Gasteiger partial charge in [-0.05, 0) is 5.53 Å².